The van der Waals surface area contributed by atoms with Gasteiger partial charge >= 0.3 is 5.30 Å². The zero-order chi connectivity index (χ0) is 32.0. The minimum atomic E-state index is -0.829. The zero-order valence-corrected chi connectivity index (χ0v) is 29.0. The van der Waals surface area contributed by atoms with Crippen LogP contribution in [0.15, 0.2) is 23.8 Å². The molecule has 3 rings (SSSR count). The summed E-state index contributed by atoms with van der Waals surface area (Å²) in [7, 11) is 0. The predicted octanol–water partition coefficient (Wildman–Crippen LogP) is 8.75. The SMILES string of the molecule is CCCCCN(CCCC)C(=O)CN1CC(c2cc(CCC)c3c(c2)OCO3)CC1CC(C)(C)C=C(C)C.CSC(=O)O. The van der Waals surface area contributed by atoms with Gasteiger partial charge in [0.2, 0.25) is 12.7 Å². The molecule has 7 nitrogen and oxygen atoms in total. The monoisotopic (exact) mass is 618 g/mol. The predicted molar refractivity (Wildman–Crippen MR) is 180 cm³/mol. The molecular weight excluding hydrogens is 560 g/mol. The molecule has 1 N–H and O–H groups in total. The molecule has 0 radical (unpaired) electrons. The van der Waals surface area contributed by atoms with Gasteiger partial charge in [-0.15, -0.1) is 0 Å². The number of benzene rings is 1. The number of allylic oxidation sites excluding steroid dienone is 2. The lowest BCUT2D eigenvalue weighted by Gasteiger charge is -2.32. The van der Waals surface area contributed by atoms with Crippen LogP contribution in [0.5, 0.6) is 11.5 Å². The van der Waals surface area contributed by atoms with E-state index in [0.717, 1.165) is 87.8 Å². The molecule has 8 heteroatoms. The summed E-state index contributed by atoms with van der Waals surface area (Å²) in [5, 5.41) is 6.86. The van der Waals surface area contributed by atoms with Crippen LogP contribution < -0.4 is 9.47 Å². The second kappa shape index (κ2) is 18.6. The van der Waals surface area contributed by atoms with E-state index in [1.54, 1.807) is 0 Å². The standard InChI is InChI=1S/C33H54N2O3.C2H4O2S/c1-8-11-13-16-34(15-12-9-2)31(36)23-35-22-28(18-29(35)21-33(6,7)20-25(4)5)27-17-26(14-10-3)32-30(19-27)37-24-38-32;1-5-2(3)4/h17,19-20,28-29H,8-16,18,21-24H2,1-7H3;1H3,(H,3,4). The van der Waals surface area contributed by atoms with E-state index in [0.29, 0.717) is 31.2 Å². The number of unbranched alkanes of at least 4 members (excludes halogenated alkanes) is 3. The molecular formula is C35H58N2O5S. The topological polar surface area (TPSA) is 79.3 Å². The molecule has 0 aromatic heterocycles. The number of carbonyl (C=O) groups is 2. The molecule has 0 bridgehead atoms. The van der Waals surface area contributed by atoms with Gasteiger partial charge in [-0.05, 0) is 92.5 Å². The molecule has 1 fully saturated rings. The Morgan fingerprint density at radius 2 is 1.74 bits per heavy atom. The van der Waals surface area contributed by atoms with Crippen LogP contribution in [0.1, 0.15) is 117 Å². The minimum absolute atomic E-state index is 0.0883. The maximum Gasteiger partial charge on any atom is 0.364 e. The van der Waals surface area contributed by atoms with E-state index in [4.69, 9.17) is 14.6 Å². The first kappa shape index (κ1) is 37.0. The number of carboxylic acid groups (broad SMARTS) is 1. The second-order valence-electron chi connectivity index (χ2n) is 13.0. The van der Waals surface area contributed by atoms with E-state index >= 15 is 0 Å². The van der Waals surface area contributed by atoms with Crippen molar-refractivity contribution in [1.82, 2.24) is 9.80 Å². The first-order valence-electron chi connectivity index (χ1n) is 16.3. The molecule has 1 amide bonds. The summed E-state index contributed by atoms with van der Waals surface area (Å²) in [6, 6.07) is 4.93. The summed E-state index contributed by atoms with van der Waals surface area (Å²) in [6.07, 6.45) is 13.8. The third kappa shape index (κ3) is 12.4. The molecule has 0 spiro atoms. The average Bonchev–Trinajstić information content (AvgIpc) is 3.57. The van der Waals surface area contributed by atoms with Crippen LogP contribution in [0.2, 0.25) is 0 Å². The van der Waals surface area contributed by atoms with E-state index in [1.807, 2.05) is 0 Å². The van der Waals surface area contributed by atoms with Crippen LogP contribution in [0, 0.1) is 5.41 Å². The van der Waals surface area contributed by atoms with Gasteiger partial charge in [0, 0.05) is 25.7 Å². The highest BCUT2D eigenvalue weighted by Gasteiger charge is 2.38. The molecule has 1 aromatic carbocycles. The molecule has 2 aliphatic heterocycles. The molecule has 2 atom stereocenters. The van der Waals surface area contributed by atoms with Gasteiger partial charge in [-0.1, -0.05) is 78.0 Å². The minimum Gasteiger partial charge on any atom is -0.473 e. The summed E-state index contributed by atoms with van der Waals surface area (Å²) < 4.78 is 11.6. The lowest BCUT2D eigenvalue weighted by atomic mass is 9.82. The summed E-state index contributed by atoms with van der Waals surface area (Å²) in [4.78, 5) is 27.6. The van der Waals surface area contributed by atoms with Gasteiger partial charge in [0.1, 0.15) is 0 Å². The van der Waals surface area contributed by atoms with Crippen molar-refractivity contribution in [1.29, 1.82) is 0 Å². The highest BCUT2D eigenvalue weighted by atomic mass is 32.2. The molecule has 2 heterocycles. The van der Waals surface area contributed by atoms with Gasteiger partial charge in [-0.25, -0.2) is 4.79 Å². The molecule has 244 valence electrons. The van der Waals surface area contributed by atoms with Gasteiger partial charge < -0.3 is 19.5 Å². The Bertz CT molecular complexity index is 1050. The third-order valence-electron chi connectivity index (χ3n) is 8.21. The van der Waals surface area contributed by atoms with Crippen LogP contribution in [0.3, 0.4) is 0 Å². The molecule has 1 saturated heterocycles. The van der Waals surface area contributed by atoms with Crippen molar-refractivity contribution in [3.05, 3.63) is 34.9 Å². The van der Waals surface area contributed by atoms with Gasteiger partial charge in [-0.2, -0.15) is 0 Å². The number of aryl methyl sites for hydroxylation is 1. The molecule has 1 aromatic rings. The van der Waals surface area contributed by atoms with E-state index in [-0.39, 0.29) is 5.41 Å². The lowest BCUT2D eigenvalue weighted by Crippen LogP contribution is -2.44. The zero-order valence-electron chi connectivity index (χ0n) is 28.2. The largest absolute Gasteiger partial charge is 0.473 e. The van der Waals surface area contributed by atoms with Crippen molar-refractivity contribution < 1.29 is 24.2 Å². The van der Waals surface area contributed by atoms with Crippen molar-refractivity contribution >= 4 is 23.0 Å². The van der Waals surface area contributed by atoms with E-state index in [1.165, 1.54) is 35.8 Å². The van der Waals surface area contributed by atoms with Gasteiger partial charge in [0.15, 0.2) is 11.5 Å². The Kier molecular flexibility index (Phi) is 16.0. The number of amides is 1. The number of nitrogens with zero attached hydrogens (tertiary/aromatic N) is 2. The Morgan fingerprint density at radius 3 is 2.35 bits per heavy atom. The molecule has 2 unspecified atom stereocenters. The van der Waals surface area contributed by atoms with Crippen LogP contribution in [-0.4, -0.2) is 71.4 Å². The van der Waals surface area contributed by atoms with Crippen LogP contribution >= 0.6 is 11.8 Å². The lowest BCUT2D eigenvalue weighted by molar-refractivity contribution is -0.133. The van der Waals surface area contributed by atoms with Gasteiger partial charge in [0.05, 0.1) is 6.54 Å². The number of rotatable bonds is 15. The molecule has 0 saturated carbocycles. The normalized spacial score (nSPS) is 17.8. The highest BCUT2D eigenvalue weighted by Crippen LogP contribution is 2.43. The van der Waals surface area contributed by atoms with Crippen molar-refractivity contribution in [3.63, 3.8) is 0 Å². The van der Waals surface area contributed by atoms with Crippen molar-refractivity contribution in [2.75, 3.05) is 39.2 Å². The van der Waals surface area contributed by atoms with Crippen molar-refractivity contribution in [2.24, 2.45) is 5.41 Å². The number of hydrogen-bond donors (Lipinski definition) is 1. The highest BCUT2D eigenvalue weighted by molar-refractivity contribution is 8.12. The molecule has 0 aliphatic carbocycles. The maximum absolute atomic E-state index is 13.7. The first-order chi connectivity index (χ1) is 20.4. The molecule has 2 aliphatic rings. The number of hydrogen-bond acceptors (Lipinski definition) is 6. The second-order valence-corrected chi connectivity index (χ2v) is 13.8. The fraction of sp³-hybridized carbons (Fsp3) is 0.714. The number of carbonyl (C=O) groups excluding carboxylic acids is 1. The Morgan fingerprint density at radius 1 is 1.07 bits per heavy atom. The summed E-state index contributed by atoms with van der Waals surface area (Å²) in [5.74, 6) is 2.52. The van der Waals surface area contributed by atoms with E-state index in [9.17, 15) is 9.59 Å². The smallest absolute Gasteiger partial charge is 0.364 e. The Labute approximate surface area is 265 Å². The number of ether oxygens (including phenoxy) is 2. The average molecular weight is 619 g/mol. The molecule has 43 heavy (non-hydrogen) atoms. The van der Waals surface area contributed by atoms with E-state index in [2.05, 4.69) is 76.5 Å². The van der Waals surface area contributed by atoms with Gasteiger partial charge in [0.25, 0.3) is 0 Å². The van der Waals surface area contributed by atoms with Crippen LogP contribution in [0.4, 0.5) is 4.79 Å². The third-order valence-corrected chi connectivity index (χ3v) is 8.56. The fourth-order valence-corrected chi connectivity index (χ4v) is 6.41. The Balaban J connectivity index is 0.00000119. The fourth-order valence-electron chi connectivity index (χ4n) is 6.41. The summed E-state index contributed by atoms with van der Waals surface area (Å²) in [5.41, 5.74) is 4.04. The van der Waals surface area contributed by atoms with Crippen molar-refractivity contribution in [3.8, 4) is 11.5 Å². The summed E-state index contributed by atoms with van der Waals surface area (Å²) >= 11 is 0.796. The summed E-state index contributed by atoms with van der Waals surface area (Å²) in [6.45, 7) is 19.2. The van der Waals surface area contributed by atoms with Crippen LogP contribution in [0.25, 0.3) is 0 Å². The number of likely N-dealkylation sites (tertiary alicyclic amines) is 1. The number of thioether (sulfide) groups is 1. The van der Waals surface area contributed by atoms with E-state index < -0.39 is 5.30 Å². The maximum atomic E-state index is 13.7. The van der Waals surface area contributed by atoms with Crippen LogP contribution in [-0.2, 0) is 11.2 Å². The number of fused-ring (bicyclic) bond motifs is 1. The first-order valence-corrected chi connectivity index (χ1v) is 17.5. The quantitative estimate of drug-likeness (QED) is 0.155. The van der Waals surface area contributed by atoms with Crippen molar-refractivity contribution in [2.45, 2.75) is 118 Å². The van der Waals surface area contributed by atoms with Gasteiger partial charge in [-0.3, -0.25) is 9.69 Å². The Hall–Kier alpha value is -2.19.